The van der Waals surface area contributed by atoms with E-state index in [1.165, 1.54) is 11.0 Å². The number of hydrogen-bond acceptors (Lipinski definition) is 4. The number of imide groups is 2. The Labute approximate surface area is 263 Å². The number of anilines is 1. The van der Waals surface area contributed by atoms with Crippen LogP contribution in [-0.4, -0.2) is 35.1 Å². The average Bonchev–Trinajstić information content (AvgIpc) is 3.47. The fraction of sp³-hybridized carbons (Fsp3) is 0.529. The van der Waals surface area contributed by atoms with Gasteiger partial charge in [-0.1, -0.05) is 45.9 Å². The van der Waals surface area contributed by atoms with Gasteiger partial charge >= 0.3 is 12.4 Å². The van der Waals surface area contributed by atoms with Gasteiger partial charge in [0.1, 0.15) is 0 Å². The number of likely N-dealkylation sites (tertiary alicyclic amines) is 1. The number of carbonyl (C=O) groups is 4. The Morgan fingerprint density at radius 3 is 1.87 bits per heavy atom. The van der Waals surface area contributed by atoms with Crippen LogP contribution < -0.4 is 4.90 Å². The Hall–Kier alpha value is -3.70. The van der Waals surface area contributed by atoms with Gasteiger partial charge in [0.15, 0.2) is 0 Å². The molecule has 6 atom stereocenters. The monoisotopic (exact) mass is 650 g/mol. The number of amides is 4. The standard InChI is InChI=1S/C34H36F6N2O4/c1-16(2)42-30(45)23-14-24(31(42)46)28-22(11-17(3)27(23)28)29(44)41(15-43)19-8-10-21(26(13-19)34(38,39)40)20-9-7-18(32(4,5)6)12-25(20)33(35,36)37/h7-10,12-13,15-17,22-24,27-28H,11,14H2,1-6H3. The Balaban J connectivity index is 1.55. The highest BCUT2D eigenvalue weighted by Gasteiger charge is 2.64. The molecule has 2 aromatic rings. The van der Waals surface area contributed by atoms with Crippen LogP contribution in [0.5, 0.6) is 0 Å². The van der Waals surface area contributed by atoms with Crippen molar-refractivity contribution in [1.82, 2.24) is 4.90 Å². The lowest BCUT2D eigenvalue weighted by Gasteiger charge is -2.35. The lowest BCUT2D eigenvalue weighted by Crippen LogP contribution is -2.51. The van der Waals surface area contributed by atoms with Crippen molar-refractivity contribution in [2.45, 2.75) is 78.2 Å². The molecule has 3 aliphatic rings. The first-order valence-corrected chi connectivity index (χ1v) is 15.3. The molecule has 5 rings (SSSR count). The third-order valence-electron chi connectivity index (χ3n) is 9.98. The van der Waals surface area contributed by atoms with E-state index in [1.807, 2.05) is 6.92 Å². The molecule has 0 N–H and O–H groups in total. The molecule has 4 amide bonds. The number of alkyl halides is 6. The van der Waals surface area contributed by atoms with Crippen LogP contribution in [0.4, 0.5) is 32.0 Å². The van der Waals surface area contributed by atoms with Crippen LogP contribution in [0.1, 0.15) is 71.1 Å². The van der Waals surface area contributed by atoms with Gasteiger partial charge < -0.3 is 0 Å². The van der Waals surface area contributed by atoms with Crippen molar-refractivity contribution in [3.05, 3.63) is 53.1 Å². The summed E-state index contributed by atoms with van der Waals surface area (Å²) in [7, 11) is 0. The third-order valence-corrected chi connectivity index (χ3v) is 9.98. The summed E-state index contributed by atoms with van der Waals surface area (Å²) >= 11 is 0. The van der Waals surface area contributed by atoms with Crippen molar-refractivity contribution >= 4 is 29.8 Å². The molecule has 0 aromatic heterocycles. The maximum atomic E-state index is 14.5. The first kappa shape index (κ1) is 33.7. The number of benzene rings is 2. The number of hydrogen-bond donors (Lipinski definition) is 0. The molecule has 3 fully saturated rings. The minimum absolute atomic E-state index is 0.0865. The number of nitrogens with zero attached hydrogens (tertiary/aromatic N) is 2. The Kier molecular flexibility index (Phi) is 8.21. The third kappa shape index (κ3) is 5.51. The van der Waals surface area contributed by atoms with E-state index in [-0.39, 0.29) is 48.6 Å². The molecule has 6 unspecified atom stereocenters. The first-order valence-electron chi connectivity index (χ1n) is 15.3. The van der Waals surface area contributed by atoms with Crippen molar-refractivity contribution < 1.29 is 45.5 Å². The number of rotatable bonds is 5. The van der Waals surface area contributed by atoms with Crippen LogP contribution in [0.15, 0.2) is 36.4 Å². The van der Waals surface area contributed by atoms with Crippen molar-refractivity contribution in [1.29, 1.82) is 0 Å². The topological polar surface area (TPSA) is 74.8 Å². The van der Waals surface area contributed by atoms with Crippen molar-refractivity contribution in [2.24, 2.45) is 35.5 Å². The van der Waals surface area contributed by atoms with Gasteiger partial charge in [-0.2, -0.15) is 26.3 Å². The molecule has 1 aliphatic heterocycles. The summed E-state index contributed by atoms with van der Waals surface area (Å²) in [5, 5.41) is 0. The van der Waals surface area contributed by atoms with E-state index in [1.54, 1.807) is 34.6 Å². The molecule has 2 aliphatic carbocycles. The average molecular weight is 651 g/mol. The molecular weight excluding hydrogens is 614 g/mol. The van der Waals surface area contributed by atoms with Gasteiger partial charge in [-0.25, -0.2) is 0 Å². The van der Waals surface area contributed by atoms with Crippen molar-refractivity contribution in [3.63, 3.8) is 0 Å². The zero-order chi connectivity index (χ0) is 34.3. The van der Waals surface area contributed by atoms with E-state index in [0.29, 0.717) is 11.0 Å². The van der Waals surface area contributed by atoms with Crippen LogP contribution in [0.25, 0.3) is 11.1 Å². The fourth-order valence-electron chi connectivity index (χ4n) is 7.99. The number of piperidine rings is 1. The summed E-state index contributed by atoms with van der Waals surface area (Å²) in [6, 6.07) is 5.18. The van der Waals surface area contributed by atoms with Crippen LogP contribution >= 0.6 is 0 Å². The molecule has 12 heteroatoms. The lowest BCUT2D eigenvalue weighted by atomic mass is 9.82. The summed E-state index contributed by atoms with van der Waals surface area (Å²) in [6.45, 7) is 10.3. The smallest absolute Gasteiger partial charge is 0.280 e. The number of fused-ring (bicyclic) bond motifs is 5. The minimum Gasteiger partial charge on any atom is -0.280 e. The van der Waals surface area contributed by atoms with E-state index >= 15 is 0 Å². The number of carbonyl (C=O) groups excluding carboxylic acids is 4. The first-order chi connectivity index (χ1) is 21.2. The summed E-state index contributed by atoms with van der Waals surface area (Å²) in [5.41, 5.74) is -5.01. The molecule has 6 nitrogen and oxygen atoms in total. The van der Waals surface area contributed by atoms with Gasteiger partial charge in [0.05, 0.1) is 16.8 Å². The minimum atomic E-state index is -5.14. The lowest BCUT2D eigenvalue weighted by molar-refractivity contribution is -0.156. The van der Waals surface area contributed by atoms with Gasteiger partial charge in [-0.15, -0.1) is 0 Å². The Bertz CT molecular complexity index is 1590. The zero-order valence-corrected chi connectivity index (χ0v) is 26.3. The Morgan fingerprint density at radius 2 is 1.37 bits per heavy atom. The van der Waals surface area contributed by atoms with Crippen molar-refractivity contribution in [2.75, 3.05) is 4.90 Å². The van der Waals surface area contributed by atoms with Gasteiger partial charge in [-0.05, 0) is 84.7 Å². The summed E-state index contributed by atoms with van der Waals surface area (Å²) in [5.74, 6) is -4.60. The summed E-state index contributed by atoms with van der Waals surface area (Å²) < 4.78 is 86.0. The molecule has 2 saturated carbocycles. The predicted octanol–water partition coefficient (Wildman–Crippen LogP) is 7.48. The number of halogens is 6. The van der Waals surface area contributed by atoms with E-state index in [2.05, 4.69) is 0 Å². The Morgan fingerprint density at radius 1 is 0.848 bits per heavy atom. The maximum absolute atomic E-state index is 14.5. The second-order valence-electron chi connectivity index (χ2n) is 14.1. The molecular formula is C34H36F6N2O4. The second-order valence-corrected chi connectivity index (χ2v) is 14.1. The zero-order valence-electron chi connectivity index (χ0n) is 26.3. The van der Waals surface area contributed by atoms with Crippen LogP contribution in [0.2, 0.25) is 0 Å². The molecule has 46 heavy (non-hydrogen) atoms. The second kappa shape index (κ2) is 11.2. The molecule has 1 saturated heterocycles. The van der Waals surface area contributed by atoms with Gasteiger partial charge in [0.25, 0.3) is 0 Å². The quantitative estimate of drug-likeness (QED) is 0.191. The van der Waals surface area contributed by atoms with Crippen LogP contribution in [0.3, 0.4) is 0 Å². The van der Waals surface area contributed by atoms with E-state index < -0.39 is 81.2 Å². The summed E-state index contributed by atoms with van der Waals surface area (Å²) in [6.07, 6.45) is -9.52. The summed E-state index contributed by atoms with van der Waals surface area (Å²) in [4.78, 5) is 54.6. The molecule has 0 spiro atoms. The highest BCUT2D eigenvalue weighted by molar-refractivity contribution is 6.09. The molecule has 1 heterocycles. The fourth-order valence-corrected chi connectivity index (χ4v) is 7.99. The van der Waals surface area contributed by atoms with E-state index in [9.17, 15) is 45.5 Å². The highest BCUT2D eigenvalue weighted by Crippen LogP contribution is 2.59. The normalized spacial score (nSPS) is 26.5. The van der Waals surface area contributed by atoms with Gasteiger partial charge in [-0.3, -0.25) is 29.0 Å². The van der Waals surface area contributed by atoms with Crippen molar-refractivity contribution in [3.8, 4) is 11.1 Å². The van der Waals surface area contributed by atoms with Gasteiger partial charge in [0, 0.05) is 23.8 Å². The van der Waals surface area contributed by atoms with E-state index in [4.69, 9.17) is 0 Å². The predicted molar refractivity (Wildman–Crippen MR) is 157 cm³/mol. The highest BCUT2D eigenvalue weighted by atomic mass is 19.4. The maximum Gasteiger partial charge on any atom is 0.417 e. The SMILES string of the molecule is CC1CC(C(=O)N(C=O)c2ccc(-c3ccc(C(C)(C)C)cc3C(F)(F)F)c(C(F)(F)F)c2)C2C3CC(C(=O)N(C(C)C)C3=O)C12. The molecule has 2 aromatic carbocycles. The van der Waals surface area contributed by atoms with Gasteiger partial charge in [0.2, 0.25) is 24.1 Å². The van der Waals surface area contributed by atoms with Crippen LogP contribution in [0, 0.1) is 35.5 Å². The largest absolute Gasteiger partial charge is 0.417 e. The van der Waals surface area contributed by atoms with E-state index in [0.717, 1.165) is 24.3 Å². The van der Waals surface area contributed by atoms with Crippen LogP contribution in [-0.2, 0) is 36.9 Å². The molecule has 2 bridgehead atoms. The molecule has 0 radical (unpaired) electrons. The molecule has 248 valence electrons.